The standard InChI is InChI=1S/C24H64O14Si8/c1-25-17-19-40(11,12)36-46(35-39-18-20-43(26-2,27-3)28-4,37-41(13,14)21-23-44(29-5,30-6)31-7)38-42(15,16)22-24-45(32-8,33-9)34-10/h17-24H2,1-16H3. The van der Waals surface area contributed by atoms with Crippen molar-refractivity contribution in [2.24, 2.45) is 0 Å². The summed E-state index contributed by atoms with van der Waals surface area (Å²) < 4.78 is 85.0. The Bertz CT molecular complexity index is 755. The molecule has 276 valence electrons. The van der Waals surface area contributed by atoms with E-state index in [4.69, 9.17) is 61.0 Å². The Labute approximate surface area is 289 Å². The fourth-order valence-corrected chi connectivity index (χ4v) is 31.2. The van der Waals surface area contributed by atoms with Crippen LogP contribution in [0.25, 0.3) is 0 Å². The summed E-state index contributed by atoms with van der Waals surface area (Å²) in [6.45, 7) is 13.4. The first kappa shape index (κ1) is 47.2. The minimum absolute atomic E-state index is 0.00500. The first-order chi connectivity index (χ1) is 21.3. The SMILES string of the molecule is COCC[Si](C)(C)O[Si](O[Si]CC[Si](OC)(OC)OC)(O[Si](C)(C)CC[Si](OC)(OC)OC)O[Si](C)(C)CC[Si](OC)(OC)OC. The van der Waals surface area contributed by atoms with Crippen molar-refractivity contribution in [2.45, 2.75) is 81.6 Å². The second-order valence-electron chi connectivity index (χ2n) is 12.5. The molecule has 22 heteroatoms. The van der Waals surface area contributed by atoms with Gasteiger partial charge in [-0.25, -0.2) is 0 Å². The maximum atomic E-state index is 7.17. The summed E-state index contributed by atoms with van der Waals surface area (Å²) >= 11 is 0. The summed E-state index contributed by atoms with van der Waals surface area (Å²) in [5, 5.41) is 0. The molecule has 0 saturated heterocycles. The maximum absolute atomic E-state index is 7.17. The van der Waals surface area contributed by atoms with Crippen LogP contribution in [0.1, 0.15) is 0 Å². The van der Waals surface area contributed by atoms with Gasteiger partial charge in [0.05, 0.1) is 0 Å². The van der Waals surface area contributed by atoms with Crippen LogP contribution < -0.4 is 0 Å². The molecule has 0 rings (SSSR count). The minimum Gasteiger partial charge on any atom is -0.396 e. The van der Waals surface area contributed by atoms with Crippen LogP contribution in [0.5, 0.6) is 0 Å². The maximum Gasteiger partial charge on any atom is 0.636 e. The normalized spacial score (nSPS) is 14.3. The zero-order chi connectivity index (χ0) is 35.8. The fraction of sp³-hybridized carbons (Fsp3) is 1.00. The van der Waals surface area contributed by atoms with Crippen LogP contribution in [0.3, 0.4) is 0 Å². The van der Waals surface area contributed by atoms with Gasteiger partial charge in [-0.15, -0.1) is 0 Å². The summed E-state index contributed by atoms with van der Waals surface area (Å²) in [5.74, 6) is 0. The zero-order valence-corrected chi connectivity index (χ0v) is 39.4. The van der Waals surface area contributed by atoms with Crippen molar-refractivity contribution in [3.63, 3.8) is 0 Å². The van der Waals surface area contributed by atoms with E-state index in [0.717, 1.165) is 6.04 Å². The van der Waals surface area contributed by atoms with Crippen LogP contribution in [0.15, 0.2) is 0 Å². The molecule has 0 aromatic heterocycles. The monoisotopic (exact) mass is 800 g/mol. The summed E-state index contributed by atoms with van der Waals surface area (Å²) in [5.41, 5.74) is 0. The highest BCUT2D eigenvalue weighted by Crippen LogP contribution is 2.34. The lowest BCUT2D eigenvalue weighted by Crippen LogP contribution is -2.64. The Morgan fingerprint density at radius 2 is 0.696 bits per heavy atom. The molecule has 0 aliphatic heterocycles. The molecule has 2 radical (unpaired) electrons. The van der Waals surface area contributed by atoms with E-state index in [0.29, 0.717) is 42.9 Å². The van der Waals surface area contributed by atoms with Gasteiger partial charge in [-0.2, -0.15) is 0 Å². The molecule has 0 N–H and O–H groups in total. The van der Waals surface area contributed by atoms with Crippen molar-refractivity contribution in [1.82, 2.24) is 0 Å². The van der Waals surface area contributed by atoms with Crippen molar-refractivity contribution in [2.75, 3.05) is 77.7 Å². The molecular weight excluding hydrogens is 737 g/mol. The molecule has 46 heavy (non-hydrogen) atoms. The highest BCUT2D eigenvalue weighted by Gasteiger charge is 2.57. The second kappa shape index (κ2) is 21.5. The predicted octanol–water partition coefficient (Wildman–Crippen LogP) is 4.42. The Kier molecular flexibility index (Phi) is 22.1. The van der Waals surface area contributed by atoms with Gasteiger partial charge in [0, 0.05) is 95.8 Å². The Balaban J connectivity index is 6.71. The van der Waals surface area contributed by atoms with E-state index in [-0.39, 0.29) is 9.76 Å². The smallest absolute Gasteiger partial charge is 0.396 e. The van der Waals surface area contributed by atoms with Gasteiger partial charge in [-0.1, -0.05) is 0 Å². The van der Waals surface area contributed by atoms with Gasteiger partial charge in [0.2, 0.25) is 9.76 Å². The minimum atomic E-state index is -3.81. The Hall–Kier alpha value is 1.18. The Morgan fingerprint density at radius 3 is 1.00 bits per heavy atom. The third-order valence-electron chi connectivity index (χ3n) is 7.71. The van der Waals surface area contributed by atoms with E-state index in [1.54, 1.807) is 71.1 Å². The van der Waals surface area contributed by atoms with Crippen molar-refractivity contribution in [3.8, 4) is 0 Å². The lowest BCUT2D eigenvalue weighted by molar-refractivity contribution is 0.122. The first-order valence-electron chi connectivity index (χ1n) is 15.3. The number of hydrogen-bond acceptors (Lipinski definition) is 14. The van der Waals surface area contributed by atoms with Gasteiger partial charge in [0.15, 0.2) is 25.0 Å². The van der Waals surface area contributed by atoms with Gasteiger partial charge in [-0.3, -0.25) is 0 Å². The average Bonchev–Trinajstić information content (AvgIpc) is 3.02. The van der Waals surface area contributed by atoms with Gasteiger partial charge >= 0.3 is 35.5 Å². The molecule has 0 bridgehead atoms. The molecule has 0 aliphatic carbocycles. The van der Waals surface area contributed by atoms with Crippen LogP contribution in [-0.4, -0.2) is 148 Å². The molecule has 0 saturated carbocycles. The predicted molar refractivity (Wildman–Crippen MR) is 194 cm³/mol. The summed E-state index contributed by atoms with van der Waals surface area (Å²) in [6, 6.07) is 4.47. The lowest BCUT2D eigenvalue weighted by atomic mass is 10.9. The third kappa shape index (κ3) is 16.0. The summed E-state index contributed by atoms with van der Waals surface area (Å²) in [7, 11) is -3.63. The average molecular weight is 801 g/mol. The van der Waals surface area contributed by atoms with Crippen molar-refractivity contribution >= 4 is 70.2 Å². The van der Waals surface area contributed by atoms with Crippen LogP contribution in [-0.2, 0) is 61.0 Å². The van der Waals surface area contributed by atoms with Gasteiger partial charge in [0.1, 0.15) is 0 Å². The van der Waals surface area contributed by atoms with Crippen molar-refractivity contribution < 1.29 is 61.0 Å². The second-order valence-corrected chi connectivity index (χ2v) is 38.8. The molecule has 0 heterocycles. The summed E-state index contributed by atoms with van der Waals surface area (Å²) in [6.07, 6.45) is 0. The van der Waals surface area contributed by atoms with E-state index >= 15 is 0 Å². The molecular formula is C24H64O14Si8. The lowest BCUT2D eigenvalue weighted by Gasteiger charge is -2.44. The molecule has 0 aliphatic rings. The van der Waals surface area contributed by atoms with E-state index in [9.17, 15) is 0 Å². The van der Waals surface area contributed by atoms with Crippen LogP contribution >= 0.6 is 0 Å². The molecule has 0 fully saturated rings. The van der Waals surface area contributed by atoms with E-state index in [1.807, 2.05) is 0 Å². The topological polar surface area (TPSA) is 129 Å². The number of ether oxygens (including phenoxy) is 1. The van der Waals surface area contributed by atoms with Crippen LogP contribution in [0.4, 0.5) is 0 Å². The van der Waals surface area contributed by atoms with Gasteiger partial charge in [-0.05, 0) is 63.5 Å². The van der Waals surface area contributed by atoms with E-state index < -0.39 is 60.4 Å². The third-order valence-corrected chi connectivity index (χ3v) is 33.4. The molecule has 0 unspecified atom stereocenters. The molecule has 0 aromatic rings. The van der Waals surface area contributed by atoms with E-state index in [2.05, 4.69) is 39.3 Å². The highest BCUT2D eigenvalue weighted by molar-refractivity contribution is 6.90. The van der Waals surface area contributed by atoms with Gasteiger partial charge in [0.25, 0.3) is 0 Å². The van der Waals surface area contributed by atoms with Crippen LogP contribution in [0.2, 0.25) is 81.6 Å². The first-order valence-corrected chi connectivity index (χ1v) is 33.2. The van der Waals surface area contributed by atoms with Crippen LogP contribution in [0, 0.1) is 0 Å². The van der Waals surface area contributed by atoms with Gasteiger partial charge < -0.3 is 61.0 Å². The largest absolute Gasteiger partial charge is 0.636 e. The summed E-state index contributed by atoms with van der Waals surface area (Å²) in [4.78, 5) is 0. The van der Waals surface area contributed by atoms with Crippen molar-refractivity contribution in [3.05, 3.63) is 0 Å². The highest BCUT2D eigenvalue weighted by atomic mass is 28.5. The molecule has 0 amide bonds. The number of methoxy groups -OCH3 is 1. The molecule has 0 atom stereocenters. The fourth-order valence-electron chi connectivity index (χ4n) is 4.56. The Morgan fingerprint density at radius 1 is 0.391 bits per heavy atom. The zero-order valence-electron chi connectivity index (χ0n) is 31.4. The van der Waals surface area contributed by atoms with E-state index in [1.165, 1.54) is 0 Å². The molecule has 0 aromatic carbocycles. The number of hydrogen-bond donors (Lipinski definition) is 0. The number of rotatable bonds is 29. The molecule has 14 nitrogen and oxygen atoms in total. The van der Waals surface area contributed by atoms with Crippen molar-refractivity contribution in [1.29, 1.82) is 0 Å². The molecule has 0 spiro atoms. The quantitative estimate of drug-likeness (QED) is 0.0782.